The monoisotopic (exact) mass is 336 g/mol. The van der Waals surface area contributed by atoms with Crippen LogP contribution >= 0.6 is 11.6 Å². The number of aromatic nitrogens is 2. The highest BCUT2D eigenvalue weighted by molar-refractivity contribution is 6.30. The molecule has 1 aromatic heterocycles. The Bertz CT molecular complexity index is 837. The fourth-order valence-corrected chi connectivity index (χ4v) is 2.03. The molecule has 0 aliphatic heterocycles. The van der Waals surface area contributed by atoms with E-state index in [0.717, 1.165) is 5.56 Å². The van der Waals surface area contributed by atoms with Crippen molar-refractivity contribution >= 4 is 29.0 Å². The Balaban J connectivity index is 2.44. The SMILES string of the molecule is CC(C)C(=O)Nc1c(N)n(Cc2ccc(Cl)cc2)c(=O)[nH]c1=O. The van der Waals surface area contributed by atoms with Crippen LogP contribution in [0.15, 0.2) is 33.9 Å². The van der Waals surface area contributed by atoms with Gasteiger partial charge in [-0.25, -0.2) is 4.79 Å². The number of carbonyl (C=O) groups is 1. The third-order valence-corrected chi connectivity index (χ3v) is 3.52. The van der Waals surface area contributed by atoms with Gasteiger partial charge in [-0.1, -0.05) is 37.6 Å². The van der Waals surface area contributed by atoms with Crippen LogP contribution in [0.5, 0.6) is 0 Å². The highest BCUT2D eigenvalue weighted by Gasteiger charge is 2.16. The molecule has 2 rings (SSSR count). The van der Waals surface area contributed by atoms with Crippen LogP contribution in [-0.4, -0.2) is 15.5 Å². The van der Waals surface area contributed by atoms with E-state index in [0.29, 0.717) is 5.02 Å². The summed E-state index contributed by atoms with van der Waals surface area (Å²) in [6, 6.07) is 6.86. The summed E-state index contributed by atoms with van der Waals surface area (Å²) in [5.41, 5.74) is 5.18. The fraction of sp³-hybridized carbons (Fsp3) is 0.267. The first-order chi connectivity index (χ1) is 10.8. The molecule has 0 radical (unpaired) electrons. The fourth-order valence-electron chi connectivity index (χ4n) is 1.91. The molecule has 0 bridgehead atoms. The number of nitrogens with two attached hydrogens (primary N) is 1. The number of nitrogens with zero attached hydrogens (tertiary/aromatic N) is 1. The quantitative estimate of drug-likeness (QED) is 0.784. The molecule has 0 aliphatic rings. The van der Waals surface area contributed by atoms with Crippen LogP contribution in [0.1, 0.15) is 19.4 Å². The molecule has 0 saturated carbocycles. The summed E-state index contributed by atoms with van der Waals surface area (Å²) in [6.07, 6.45) is 0. The summed E-state index contributed by atoms with van der Waals surface area (Å²) in [6.45, 7) is 3.51. The van der Waals surface area contributed by atoms with Crippen LogP contribution in [0.3, 0.4) is 0 Å². The molecular formula is C15H17ClN4O3. The van der Waals surface area contributed by atoms with Gasteiger partial charge in [0.2, 0.25) is 5.91 Å². The number of halogens is 1. The lowest BCUT2D eigenvalue weighted by molar-refractivity contribution is -0.118. The Kier molecular flexibility index (Phi) is 4.90. The minimum Gasteiger partial charge on any atom is -0.383 e. The second-order valence-corrected chi connectivity index (χ2v) is 5.81. The van der Waals surface area contributed by atoms with Gasteiger partial charge in [-0.05, 0) is 17.7 Å². The van der Waals surface area contributed by atoms with Crippen LogP contribution in [0.25, 0.3) is 0 Å². The lowest BCUT2D eigenvalue weighted by Crippen LogP contribution is -2.35. The zero-order chi connectivity index (χ0) is 17.1. The maximum atomic E-state index is 12.0. The number of hydrogen-bond acceptors (Lipinski definition) is 4. The van der Waals surface area contributed by atoms with Crippen molar-refractivity contribution in [2.75, 3.05) is 11.1 Å². The summed E-state index contributed by atoms with van der Waals surface area (Å²) in [5, 5.41) is 3.02. The Morgan fingerprint density at radius 2 is 1.91 bits per heavy atom. The minimum absolute atomic E-state index is 0.0947. The van der Waals surface area contributed by atoms with Gasteiger partial charge in [0.25, 0.3) is 5.56 Å². The van der Waals surface area contributed by atoms with Crippen molar-refractivity contribution in [1.82, 2.24) is 9.55 Å². The van der Waals surface area contributed by atoms with Crippen LogP contribution in [0.2, 0.25) is 5.02 Å². The number of H-pyrrole nitrogens is 1. The standard InChI is InChI=1S/C15H17ClN4O3/c1-8(2)13(21)18-11-12(17)20(15(23)19-14(11)22)7-9-3-5-10(16)6-4-9/h3-6,8H,7,17H2,1-2H3,(H,18,21)(H,19,22,23). The predicted octanol–water partition coefficient (Wildman–Crippen LogP) is 1.42. The number of rotatable bonds is 4. The highest BCUT2D eigenvalue weighted by atomic mass is 35.5. The number of benzene rings is 1. The van der Waals surface area contributed by atoms with Crippen molar-refractivity contribution in [3.63, 3.8) is 0 Å². The highest BCUT2D eigenvalue weighted by Crippen LogP contribution is 2.15. The van der Waals surface area contributed by atoms with Crippen molar-refractivity contribution in [2.45, 2.75) is 20.4 Å². The average Bonchev–Trinajstić information content (AvgIpc) is 2.49. The lowest BCUT2D eigenvalue weighted by Gasteiger charge is -2.14. The largest absolute Gasteiger partial charge is 0.383 e. The van der Waals surface area contributed by atoms with Crippen LogP contribution in [-0.2, 0) is 11.3 Å². The molecule has 0 saturated heterocycles. The van der Waals surface area contributed by atoms with Gasteiger partial charge >= 0.3 is 5.69 Å². The summed E-state index contributed by atoms with van der Waals surface area (Å²) in [5.74, 6) is -0.785. The van der Waals surface area contributed by atoms with Crippen molar-refractivity contribution < 1.29 is 4.79 Å². The smallest absolute Gasteiger partial charge is 0.330 e. The van der Waals surface area contributed by atoms with Crippen LogP contribution in [0.4, 0.5) is 11.5 Å². The third-order valence-electron chi connectivity index (χ3n) is 3.27. The molecule has 0 aliphatic carbocycles. The molecule has 2 aromatic rings. The van der Waals surface area contributed by atoms with Crippen LogP contribution < -0.4 is 22.3 Å². The molecule has 8 heteroatoms. The first kappa shape index (κ1) is 16.8. The van der Waals surface area contributed by atoms with Gasteiger partial charge in [0.05, 0.1) is 6.54 Å². The molecule has 0 fully saturated rings. The number of nitrogens with one attached hydrogen (secondary N) is 2. The topological polar surface area (TPSA) is 110 Å². The molecule has 122 valence electrons. The molecular weight excluding hydrogens is 320 g/mol. The van der Waals surface area contributed by atoms with Crippen LogP contribution in [0, 0.1) is 5.92 Å². The molecule has 7 nitrogen and oxygen atoms in total. The molecule has 1 heterocycles. The normalized spacial score (nSPS) is 10.8. The van der Waals surface area contributed by atoms with Gasteiger partial charge < -0.3 is 11.1 Å². The van der Waals surface area contributed by atoms with E-state index in [1.165, 1.54) is 4.57 Å². The maximum Gasteiger partial charge on any atom is 0.330 e. The van der Waals surface area contributed by atoms with Crippen molar-refractivity contribution in [3.8, 4) is 0 Å². The number of amides is 1. The van der Waals surface area contributed by atoms with E-state index in [9.17, 15) is 14.4 Å². The average molecular weight is 337 g/mol. The summed E-state index contributed by atoms with van der Waals surface area (Å²) in [4.78, 5) is 37.8. The Morgan fingerprint density at radius 1 is 1.30 bits per heavy atom. The van der Waals surface area contributed by atoms with Gasteiger partial charge in [0.15, 0.2) is 0 Å². The number of anilines is 2. The van der Waals surface area contributed by atoms with Gasteiger partial charge in [-0.3, -0.25) is 19.1 Å². The van der Waals surface area contributed by atoms with Crippen molar-refractivity contribution in [2.24, 2.45) is 5.92 Å². The zero-order valence-corrected chi connectivity index (χ0v) is 13.5. The predicted molar refractivity (Wildman–Crippen MR) is 89.8 cm³/mol. The second-order valence-electron chi connectivity index (χ2n) is 5.38. The van der Waals surface area contributed by atoms with E-state index >= 15 is 0 Å². The second kappa shape index (κ2) is 6.70. The molecule has 0 spiro atoms. The van der Waals surface area contributed by atoms with E-state index in [4.69, 9.17) is 17.3 Å². The molecule has 1 aromatic carbocycles. The number of nitrogen functional groups attached to an aromatic ring is 1. The molecule has 23 heavy (non-hydrogen) atoms. The summed E-state index contributed by atoms with van der Waals surface area (Å²) < 4.78 is 1.18. The number of hydrogen-bond donors (Lipinski definition) is 3. The lowest BCUT2D eigenvalue weighted by atomic mass is 10.2. The third kappa shape index (κ3) is 3.81. The van der Waals surface area contributed by atoms with Gasteiger partial charge in [-0.2, -0.15) is 0 Å². The minimum atomic E-state index is -0.728. The number of aromatic amines is 1. The molecule has 0 atom stereocenters. The van der Waals surface area contributed by atoms with Crippen molar-refractivity contribution in [1.29, 1.82) is 0 Å². The molecule has 4 N–H and O–H groups in total. The Labute approximate surface area is 137 Å². The number of carbonyl (C=O) groups excluding carboxylic acids is 1. The van der Waals surface area contributed by atoms with Gasteiger partial charge in [0, 0.05) is 10.9 Å². The zero-order valence-electron chi connectivity index (χ0n) is 12.7. The first-order valence-electron chi connectivity index (χ1n) is 6.97. The van der Waals surface area contributed by atoms with Gasteiger partial charge in [-0.15, -0.1) is 0 Å². The Morgan fingerprint density at radius 3 is 2.48 bits per heavy atom. The first-order valence-corrected chi connectivity index (χ1v) is 7.35. The van der Waals surface area contributed by atoms with Crippen molar-refractivity contribution in [3.05, 3.63) is 55.7 Å². The van der Waals surface area contributed by atoms with Gasteiger partial charge in [0.1, 0.15) is 11.5 Å². The van der Waals surface area contributed by atoms with E-state index < -0.39 is 11.2 Å². The molecule has 1 amide bonds. The Hall–Kier alpha value is -2.54. The molecule has 0 unspecified atom stereocenters. The van der Waals surface area contributed by atoms with E-state index in [2.05, 4.69) is 10.3 Å². The van der Waals surface area contributed by atoms with E-state index in [-0.39, 0.29) is 29.9 Å². The van der Waals surface area contributed by atoms with E-state index in [1.807, 2.05) is 0 Å². The summed E-state index contributed by atoms with van der Waals surface area (Å²) in [7, 11) is 0. The maximum absolute atomic E-state index is 12.0. The summed E-state index contributed by atoms with van der Waals surface area (Å²) >= 11 is 5.82. The van der Waals surface area contributed by atoms with E-state index in [1.54, 1.807) is 38.1 Å².